The van der Waals surface area contributed by atoms with Crippen LogP contribution in [0.1, 0.15) is 47.0 Å². The molecule has 0 saturated carbocycles. The number of hydrazine groups is 1. The summed E-state index contributed by atoms with van der Waals surface area (Å²) in [6.07, 6.45) is 4.21. The van der Waals surface area contributed by atoms with Crippen molar-refractivity contribution >= 4 is 16.0 Å². The first-order valence-electron chi connectivity index (χ1n) is 6.06. The van der Waals surface area contributed by atoms with Gasteiger partial charge in [-0.25, -0.2) is 13.4 Å². The standard InChI is InChI=1S/C11H24N4O2S/c1-10(2)7-6-8-11(3,4)15(10)13-9(12)14-18(5,16)17/h6-8H2,1-5H3,(H3,12,13,14). The SMILES string of the molecule is CC1(C)CCCC(C)(C)N1NC(N)=NS(C)(=O)=O. The molecule has 3 N–H and O–H groups in total. The van der Waals surface area contributed by atoms with Crippen molar-refractivity contribution in [3.63, 3.8) is 0 Å². The van der Waals surface area contributed by atoms with Crippen LogP contribution < -0.4 is 11.2 Å². The summed E-state index contributed by atoms with van der Waals surface area (Å²) in [6, 6.07) is 0. The topological polar surface area (TPSA) is 87.8 Å². The molecule has 0 amide bonds. The summed E-state index contributed by atoms with van der Waals surface area (Å²) in [5, 5.41) is 2.01. The van der Waals surface area contributed by atoms with Gasteiger partial charge in [0, 0.05) is 11.1 Å². The fraction of sp³-hybridized carbons (Fsp3) is 0.909. The zero-order valence-corrected chi connectivity index (χ0v) is 12.6. The van der Waals surface area contributed by atoms with E-state index >= 15 is 0 Å². The molecule has 0 spiro atoms. The molecule has 0 aromatic carbocycles. The first kappa shape index (κ1) is 15.2. The third-order valence-corrected chi connectivity index (χ3v) is 3.81. The third-order valence-electron chi connectivity index (χ3n) is 3.28. The number of sulfonamides is 1. The highest BCUT2D eigenvalue weighted by atomic mass is 32.2. The van der Waals surface area contributed by atoms with Crippen LogP contribution >= 0.6 is 0 Å². The van der Waals surface area contributed by atoms with Crippen LogP contribution in [-0.4, -0.2) is 36.7 Å². The third kappa shape index (κ3) is 3.84. The Balaban J connectivity index is 2.95. The van der Waals surface area contributed by atoms with Crippen LogP contribution in [-0.2, 0) is 10.0 Å². The maximum atomic E-state index is 11.1. The van der Waals surface area contributed by atoms with E-state index in [4.69, 9.17) is 5.73 Å². The van der Waals surface area contributed by atoms with Gasteiger partial charge in [-0.05, 0) is 47.0 Å². The first-order valence-corrected chi connectivity index (χ1v) is 7.91. The summed E-state index contributed by atoms with van der Waals surface area (Å²) in [7, 11) is -3.47. The molecule has 0 aromatic heterocycles. The van der Waals surface area contributed by atoms with E-state index in [1.165, 1.54) is 0 Å². The predicted octanol–water partition coefficient (Wildman–Crippen LogP) is 0.808. The van der Waals surface area contributed by atoms with Gasteiger partial charge in [0.1, 0.15) is 0 Å². The number of nitrogens with zero attached hydrogens (tertiary/aromatic N) is 2. The molecule has 0 radical (unpaired) electrons. The smallest absolute Gasteiger partial charge is 0.253 e. The van der Waals surface area contributed by atoms with Crippen LogP contribution in [0.4, 0.5) is 0 Å². The lowest BCUT2D eigenvalue weighted by atomic mass is 9.82. The normalized spacial score (nSPS) is 24.8. The lowest BCUT2D eigenvalue weighted by molar-refractivity contribution is -0.0512. The van der Waals surface area contributed by atoms with Gasteiger partial charge in [0.2, 0.25) is 5.96 Å². The summed E-state index contributed by atoms with van der Waals surface area (Å²) in [4.78, 5) is 0. The maximum absolute atomic E-state index is 11.1. The zero-order valence-electron chi connectivity index (χ0n) is 11.8. The first-order chi connectivity index (χ1) is 7.94. The Kier molecular flexibility index (Phi) is 3.97. The van der Waals surface area contributed by atoms with E-state index in [0.717, 1.165) is 25.5 Å². The van der Waals surface area contributed by atoms with Crippen molar-refractivity contribution in [1.82, 2.24) is 10.4 Å². The molecule has 0 aliphatic carbocycles. The Morgan fingerprint density at radius 2 is 1.67 bits per heavy atom. The number of guanidine groups is 1. The van der Waals surface area contributed by atoms with Crippen molar-refractivity contribution in [2.45, 2.75) is 58.0 Å². The number of nitrogens with one attached hydrogen (secondary N) is 1. The van der Waals surface area contributed by atoms with Gasteiger partial charge < -0.3 is 5.73 Å². The van der Waals surface area contributed by atoms with Gasteiger partial charge in [0.25, 0.3) is 10.0 Å². The molecule has 1 heterocycles. The second-order valence-corrected chi connectivity index (χ2v) is 7.78. The van der Waals surface area contributed by atoms with Crippen molar-refractivity contribution in [1.29, 1.82) is 0 Å². The molecule has 7 heteroatoms. The van der Waals surface area contributed by atoms with Gasteiger partial charge >= 0.3 is 0 Å². The van der Waals surface area contributed by atoms with E-state index in [1.54, 1.807) is 0 Å². The molecule has 6 nitrogen and oxygen atoms in total. The van der Waals surface area contributed by atoms with Gasteiger partial charge in [-0.15, -0.1) is 4.40 Å². The van der Waals surface area contributed by atoms with Crippen LogP contribution in [0.15, 0.2) is 4.40 Å². The minimum absolute atomic E-state index is 0.0828. The summed E-state index contributed by atoms with van der Waals surface area (Å²) >= 11 is 0. The molecule has 1 rings (SSSR count). The van der Waals surface area contributed by atoms with Gasteiger partial charge in [-0.2, -0.15) is 0 Å². The van der Waals surface area contributed by atoms with E-state index in [9.17, 15) is 8.42 Å². The second kappa shape index (κ2) is 4.70. The van der Waals surface area contributed by atoms with Crippen LogP contribution in [0, 0.1) is 0 Å². The molecule has 1 aliphatic heterocycles. The monoisotopic (exact) mass is 276 g/mol. The Hall–Kier alpha value is -0.820. The quantitative estimate of drug-likeness (QED) is 0.575. The fourth-order valence-corrected chi connectivity index (χ4v) is 3.01. The highest BCUT2D eigenvalue weighted by Gasteiger charge is 2.41. The summed E-state index contributed by atoms with van der Waals surface area (Å²) in [5.74, 6) is -0.0828. The Morgan fingerprint density at radius 3 is 2.06 bits per heavy atom. The van der Waals surface area contributed by atoms with Crippen molar-refractivity contribution in [3.8, 4) is 0 Å². The molecule has 0 aromatic rings. The Morgan fingerprint density at radius 1 is 1.22 bits per heavy atom. The number of piperidine rings is 1. The van der Waals surface area contributed by atoms with E-state index in [0.29, 0.717) is 0 Å². The van der Waals surface area contributed by atoms with Gasteiger partial charge in [0.05, 0.1) is 6.26 Å². The Bertz CT molecular complexity index is 424. The van der Waals surface area contributed by atoms with E-state index in [1.807, 2.05) is 5.01 Å². The second-order valence-electron chi connectivity index (χ2n) is 6.14. The average Bonchev–Trinajstić information content (AvgIpc) is 2.08. The predicted molar refractivity (Wildman–Crippen MR) is 73.4 cm³/mol. The van der Waals surface area contributed by atoms with Crippen molar-refractivity contribution < 1.29 is 8.42 Å². The summed E-state index contributed by atoms with van der Waals surface area (Å²) < 4.78 is 25.6. The maximum Gasteiger partial charge on any atom is 0.253 e. The molecular formula is C11H24N4O2S. The molecule has 0 bridgehead atoms. The summed E-state index contributed by atoms with van der Waals surface area (Å²) in [5.41, 5.74) is 8.39. The molecule has 106 valence electrons. The number of hydrogen-bond acceptors (Lipinski definition) is 3. The highest BCUT2D eigenvalue weighted by molar-refractivity contribution is 7.89. The molecule has 18 heavy (non-hydrogen) atoms. The minimum Gasteiger partial charge on any atom is -0.368 e. The Labute approximate surface area is 110 Å². The van der Waals surface area contributed by atoms with E-state index in [2.05, 4.69) is 37.5 Å². The van der Waals surface area contributed by atoms with E-state index < -0.39 is 10.0 Å². The minimum atomic E-state index is -3.47. The van der Waals surface area contributed by atoms with Crippen LogP contribution in [0.25, 0.3) is 0 Å². The zero-order chi connectivity index (χ0) is 14.2. The number of hydrogen-bond donors (Lipinski definition) is 2. The lowest BCUT2D eigenvalue weighted by Crippen LogP contribution is -2.66. The van der Waals surface area contributed by atoms with Crippen molar-refractivity contribution in [3.05, 3.63) is 0 Å². The van der Waals surface area contributed by atoms with Crippen molar-refractivity contribution in [2.24, 2.45) is 10.1 Å². The average molecular weight is 276 g/mol. The van der Waals surface area contributed by atoms with Gasteiger partial charge in [-0.3, -0.25) is 5.43 Å². The molecular weight excluding hydrogens is 252 g/mol. The molecule has 0 unspecified atom stereocenters. The lowest BCUT2D eigenvalue weighted by Gasteiger charge is -2.52. The van der Waals surface area contributed by atoms with Gasteiger partial charge in [0.15, 0.2) is 0 Å². The van der Waals surface area contributed by atoms with Crippen molar-refractivity contribution in [2.75, 3.05) is 6.26 Å². The van der Waals surface area contributed by atoms with Crippen LogP contribution in [0.2, 0.25) is 0 Å². The summed E-state index contributed by atoms with van der Waals surface area (Å²) in [6.45, 7) is 8.42. The number of nitrogens with two attached hydrogens (primary N) is 1. The number of rotatable bonds is 2. The molecule has 1 aliphatic rings. The molecule has 0 atom stereocenters. The van der Waals surface area contributed by atoms with Gasteiger partial charge in [-0.1, -0.05) is 0 Å². The van der Waals surface area contributed by atoms with Crippen LogP contribution in [0.3, 0.4) is 0 Å². The van der Waals surface area contributed by atoms with E-state index in [-0.39, 0.29) is 17.0 Å². The highest BCUT2D eigenvalue weighted by Crippen LogP contribution is 2.36. The largest absolute Gasteiger partial charge is 0.368 e. The fourth-order valence-electron chi connectivity index (χ4n) is 2.61. The van der Waals surface area contributed by atoms with Crippen LogP contribution in [0.5, 0.6) is 0 Å². The molecule has 1 fully saturated rings. The molecule has 1 saturated heterocycles.